The standard InChI is InChI=1S/C19H14N6O/c20-12-9-13(17-15(10-12)26-24-18(17)21)19-22-16-8-4-7-14(25(16)23-19)11-5-2-1-3-6-11/h1-10H,20H2,(H2,21,24). The second-order valence-corrected chi connectivity index (χ2v) is 5.99. The Kier molecular flexibility index (Phi) is 2.96. The van der Waals surface area contributed by atoms with Gasteiger partial charge in [-0.25, -0.2) is 9.50 Å². The highest BCUT2D eigenvalue weighted by Crippen LogP contribution is 2.33. The van der Waals surface area contributed by atoms with E-state index in [1.54, 1.807) is 12.1 Å². The van der Waals surface area contributed by atoms with Crippen LogP contribution in [0.1, 0.15) is 0 Å². The summed E-state index contributed by atoms with van der Waals surface area (Å²) < 4.78 is 7.05. The lowest BCUT2D eigenvalue weighted by molar-refractivity contribution is 0.460. The first-order valence-electron chi connectivity index (χ1n) is 8.07. The van der Waals surface area contributed by atoms with Crippen LogP contribution in [0.3, 0.4) is 0 Å². The Morgan fingerprint density at radius 3 is 2.62 bits per heavy atom. The Morgan fingerprint density at radius 2 is 1.77 bits per heavy atom. The molecule has 0 saturated heterocycles. The fourth-order valence-corrected chi connectivity index (χ4v) is 3.14. The van der Waals surface area contributed by atoms with Crippen molar-refractivity contribution in [3.63, 3.8) is 0 Å². The van der Waals surface area contributed by atoms with Crippen LogP contribution in [0.4, 0.5) is 11.5 Å². The average Bonchev–Trinajstić information content (AvgIpc) is 3.25. The number of hydrogen-bond donors (Lipinski definition) is 2. The summed E-state index contributed by atoms with van der Waals surface area (Å²) in [6.07, 6.45) is 0. The summed E-state index contributed by atoms with van der Waals surface area (Å²) in [5.41, 5.74) is 16.4. The Hall–Kier alpha value is -3.87. The molecular weight excluding hydrogens is 328 g/mol. The smallest absolute Gasteiger partial charge is 0.183 e. The molecule has 7 nitrogen and oxygen atoms in total. The molecule has 3 heterocycles. The molecule has 0 aliphatic carbocycles. The third-order valence-electron chi connectivity index (χ3n) is 4.29. The lowest BCUT2D eigenvalue weighted by atomic mass is 10.1. The summed E-state index contributed by atoms with van der Waals surface area (Å²) in [5, 5.41) is 9.19. The van der Waals surface area contributed by atoms with E-state index in [0.29, 0.717) is 28.0 Å². The van der Waals surface area contributed by atoms with Crippen LogP contribution < -0.4 is 11.5 Å². The number of nitrogens with zero attached hydrogens (tertiary/aromatic N) is 4. The van der Waals surface area contributed by atoms with E-state index in [2.05, 4.69) is 10.1 Å². The van der Waals surface area contributed by atoms with Gasteiger partial charge in [0.2, 0.25) is 0 Å². The number of nitrogens with two attached hydrogens (primary N) is 2. The van der Waals surface area contributed by atoms with Crippen molar-refractivity contribution in [1.82, 2.24) is 19.8 Å². The summed E-state index contributed by atoms with van der Waals surface area (Å²) in [4.78, 5) is 4.65. The van der Waals surface area contributed by atoms with Gasteiger partial charge in [0, 0.05) is 22.9 Å². The van der Waals surface area contributed by atoms with Gasteiger partial charge in [0.15, 0.2) is 22.9 Å². The van der Waals surface area contributed by atoms with Gasteiger partial charge in [-0.1, -0.05) is 41.6 Å². The van der Waals surface area contributed by atoms with E-state index in [0.717, 1.165) is 16.9 Å². The van der Waals surface area contributed by atoms with E-state index < -0.39 is 0 Å². The van der Waals surface area contributed by atoms with Crippen LogP contribution in [0.2, 0.25) is 0 Å². The Morgan fingerprint density at radius 1 is 0.923 bits per heavy atom. The zero-order chi connectivity index (χ0) is 17.7. The van der Waals surface area contributed by atoms with Crippen LogP contribution in [-0.2, 0) is 0 Å². The van der Waals surface area contributed by atoms with E-state index in [1.807, 2.05) is 53.0 Å². The molecule has 0 spiro atoms. The number of aromatic nitrogens is 4. The molecule has 7 heteroatoms. The number of hydrogen-bond acceptors (Lipinski definition) is 6. The maximum atomic E-state index is 6.00. The second-order valence-electron chi connectivity index (χ2n) is 5.99. The maximum Gasteiger partial charge on any atom is 0.183 e. The lowest BCUT2D eigenvalue weighted by Crippen LogP contribution is -1.94. The van der Waals surface area contributed by atoms with Crippen molar-refractivity contribution in [2.45, 2.75) is 0 Å². The van der Waals surface area contributed by atoms with E-state index in [9.17, 15) is 0 Å². The van der Waals surface area contributed by atoms with Gasteiger partial charge in [-0.05, 0) is 18.2 Å². The topological polar surface area (TPSA) is 108 Å². The van der Waals surface area contributed by atoms with Gasteiger partial charge in [0.25, 0.3) is 0 Å². The van der Waals surface area contributed by atoms with E-state index in [-0.39, 0.29) is 5.82 Å². The van der Waals surface area contributed by atoms with E-state index in [4.69, 9.17) is 21.1 Å². The van der Waals surface area contributed by atoms with Gasteiger partial charge < -0.3 is 16.0 Å². The van der Waals surface area contributed by atoms with Gasteiger partial charge in [-0.3, -0.25) is 0 Å². The molecule has 0 bridgehead atoms. The SMILES string of the molecule is Nc1cc(-c2nc3cccc(-c4ccccc4)n3n2)c2c(N)noc2c1. The van der Waals surface area contributed by atoms with Gasteiger partial charge in [-0.15, -0.1) is 5.10 Å². The van der Waals surface area contributed by atoms with Crippen molar-refractivity contribution in [2.75, 3.05) is 11.5 Å². The zero-order valence-corrected chi connectivity index (χ0v) is 13.6. The quantitative estimate of drug-likeness (QED) is 0.476. The third kappa shape index (κ3) is 2.11. The molecule has 0 aliphatic rings. The van der Waals surface area contributed by atoms with Crippen molar-refractivity contribution in [1.29, 1.82) is 0 Å². The number of nitrogen functional groups attached to an aromatic ring is 2. The number of benzene rings is 2. The maximum absolute atomic E-state index is 6.00. The minimum Gasteiger partial charge on any atom is -0.399 e. The largest absolute Gasteiger partial charge is 0.399 e. The van der Waals surface area contributed by atoms with Crippen LogP contribution in [0, 0.1) is 0 Å². The van der Waals surface area contributed by atoms with Crippen molar-refractivity contribution < 1.29 is 4.52 Å². The molecule has 3 aromatic heterocycles. The highest BCUT2D eigenvalue weighted by Gasteiger charge is 2.18. The monoisotopic (exact) mass is 342 g/mol. The van der Waals surface area contributed by atoms with Crippen molar-refractivity contribution >= 4 is 28.1 Å². The molecule has 5 aromatic rings. The number of pyridine rings is 1. The zero-order valence-electron chi connectivity index (χ0n) is 13.6. The number of fused-ring (bicyclic) bond motifs is 2. The minimum atomic E-state index is 0.289. The number of rotatable bonds is 2. The summed E-state index contributed by atoms with van der Waals surface area (Å²) in [6.45, 7) is 0. The fourth-order valence-electron chi connectivity index (χ4n) is 3.14. The molecule has 0 saturated carbocycles. The first-order valence-corrected chi connectivity index (χ1v) is 8.07. The molecular formula is C19H14N6O. The Bertz CT molecular complexity index is 1260. The molecule has 4 N–H and O–H groups in total. The summed E-state index contributed by atoms with van der Waals surface area (Å²) >= 11 is 0. The Balaban J connectivity index is 1.79. The molecule has 0 atom stereocenters. The van der Waals surface area contributed by atoms with Gasteiger partial charge >= 0.3 is 0 Å². The normalized spacial score (nSPS) is 11.4. The van der Waals surface area contributed by atoms with E-state index in [1.165, 1.54) is 0 Å². The first-order chi connectivity index (χ1) is 12.7. The van der Waals surface area contributed by atoms with Crippen LogP contribution in [0.15, 0.2) is 65.2 Å². The van der Waals surface area contributed by atoms with Crippen molar-refractivity contribution in [3.05, 3.63) is 60.7 Å². The summed E-state index contributed by atoms with van der Waals surface area (Å²) in [6, 6.07) is 19.4. The van der Waals surface area contributed by atoms with Crippen LogP contribution in [0.5, 0.6) is 0 Å². The molecule has 2 aromatic carbocycles. The highest BCUT2D eigenvalue weighted by atomic mass is 16.5. The molecule has 0 aliphatic heterocycles. The predicted octanol–water partition coefficient (Wildman–Crippen LogP) is 3.37. The summed E-state index contributed by atoms with van der Waals surface area (Å²) in [7, 11) is 0. The van der Waals surface area contributed by atoms with Crippen LogP contribution in [0.25, 0.3) is 39.3 Å². The molecule has 0 unspecified atom stereocenters. The Labute approximate surface area is 147 Å². The number of anilines is 2. The molecule has 26 heavy (non-hydrogen) atoms. The third-order valence-corrected chi connectivity index (χ3v) is 4.29. The van der Waals surface area contributed by atoms with Crippen molar-refractivity contribution in [2.24, 2.45) is 0 Å². The second kappa shape index (κ2) is 5.32. The minimum absolute atomic E-state index is 0.289. The molecule has 0 fully saturated rings. The highest BCUT2D eigenvalue weighted by molar-refractivity contribution is 6.01. The summed E-state index contributed by atoms with van der Waals surface area (Å²) in [5.74, 6) is 0.803. The van der Waals surface area contributed by atoms with Gasteiger partial charge in [0.1, 0.15) is 0 Å². The molecule has 0 amide bonds. The van der Waals surface area contributed by atoms with Gasteiger partial charge in [0.05, 0.1) is 11.1 Å². The molecule has 0 radical (unpaired) electrons. The molecule has 5 rings (SSSR count). The molecule has 126 valence electrons. The average molecular weight is 342 g/mol. The van der Waals surface area contributed by atoms with Crippen LogP contribution in [-0.4, -0.2) is 19.8 Å². The van der Waals surface area contributed by atoms with Gasteiger partial charge in [-0.2, -0.15) is 0 Å². The van der Waals surface area contributed by atoms with Crippen molar-refractivity contribution in [3.8, 4) is 22.6 Å². The van der Waals surface area contributed by atoms with Crippen LogP contribution >= 0.6 is 0 Å². The van der Waals surface area contributed by atoms with E-state index >= 15 is 0 Å². The fraction of sp³-hybridized carbons (Fsp3) is 0. The lowest BCUT2D eigenvalue weighted by Gasteiger charge is -2.03. The predicted molar refractivity (Wildman–Crippen MR) is 100 cm³/mol. The first kappa shape index (κ1) is 14.5.